The van der Waals surface area contributed by atoms with E-state index in [0.717, 1.165) is 0 Å². The fraction of sp³-hybridized carbons (Fsp3) is 0.636. The molecule has 0 heterocycles. The van der Waals surface area contributed by atoms with Gasteiger partial charge in [-0.05, 0) is 25.7 Å². The van der Waals surface area contributed by atoms with Crippen molar-refractivity contribution in [1.82, 2.24) is 0 Å². The second-order valence-electron chi connectivity index (χ2n) is 2.99. The van der Waals surface area contributed by atoms with Crippen molar-refractivity contribution >= 4 is 0 Å². The van der Waals surface area contributed by atoms with Crippen LogP contribution in [0.25, 0.3) is 0 Å². The molecular formula is C11H20. The number of allylic oxidation sites excluding steroid dienone is 3. The number of hydrogen-bond donors (Lipinski definition) is 0. The quantitative estimate of drug-likeness (QED) is 0.523. The molecule has 64 valence electrons. The largest absolute Gasteiger partial charge is 0.102 e. The van der Waals surface area contributed by atoms with Gasteiger partial charge in [0.2, 0.25) is 0 Å². The van der Waals surface area contributed by atoms with Gasteiger partial charge in [0.15, 0.2) is 0 Å². The van der Waals surface area contributed by atoms with E-state index in [1.54, 1.807) is 0 Å². The van der Waals surface area contributed by atoms with Crippen LogP contribution in [0.4, 0.5) is 0 Å². The Kier molecular flexibility index (Phi) is 5.91. The third kappa shape index (κ3) is 4.02. The third-order valence-corrected chi connectivity index (χ3v) is 2.06. The van der Waals surface area contributed by atoms with Gasteiger partial charge < -0.3 is 0 Å². The predicted molar refractivity (Wildman–Crippen MR) is 52.6 cm³/mol. The topological polar surface area (TPSA) is 0 Å². The van der Waals surface area contributed by atoms with E-state index < -0.39 is 0 Å². The molecule has 0 aliphatic heterocycles. The highest BCUT2D eigenvalue weighted by molar-refractivity contribution is 5.08. The summed E-state index contributed by atoms with van der Waals surface area (Å²) >= 11 is 0. The highest BCUT2D eigenvalue weighted by Gasteiger charge is 2.01. The Bertz CT molecular complexity index is 131. The minimum Gasteiger partial charge on any atom is -0.102 e. The van der Waals surface area contributed by atoms with Crippen LogP contribution in [0.3, 0.4) is 0 Å². The summed E-state index contributed by atoms with van der Waals surface area (Å²) in [6, 6.07) is 0. The summed E-state index contributed by atoms with van der Waals surface area (Å²) in [7, 11) is 0. The van der Waals surface area contributed by atoms with Crippen molar-refractivity contribution in [3.05, 3.63) is 24.3 Å². The van der Waals surface area contributed by atoms with E-state index in [1.807, 2.05) is 6.08 Å². The van der Waals surface area contributed by atoms with Crippen LogP contribution in [0.2, 0.25) is 0 Å². The molecule has 0 heteroatoms. The summed E-state index contributed by atoms with van der Waals surface area (Å²) < 4.78 is 0. The highest BCUT2D eigenvalue weighted by atomic mass is 14.1. The zero-order valence-corrected chi connectivity index (χ0v) is 8.06. The molecule has 0 saturated carbocycles. The minimum absolute atomic E-state index is 0.599. The van der Waals surface area contributed by atoms with Crippen molar-refractivity contribution in [3.8, 4) is 0 Å². The summed E-state index contributed by atoms with van der Waals surface area (Å²) in [6.07, 6.45) is 7.99. The van der Waals surface area contributed by atoms with Crippen molar-refractivity contribution in [2.24, 2.45) is 5.92 Å². The van der Waals surface area contributed by atoms with Crippen LogP contribution in [0, 0.1) is 5.92 Å². The van der Waals surface area contributed by atoms with E-state index in [2.05, 4.69) is 33.4 Å². The lowest BCUT2D eigenvalue weighted by molar-refractivity contribution is 0.720. The van der Waals surface area contributed by atoms with Crippen molar-refractivity contribution in [2.45, 2.75) is 40.0 Å². The van der Waals surface area contributed by atoms with Gasteiger partial charge in [0.25, 0.3) is 0 Å². The molecule has 1 atom stereocenters. The molecule has 0 aromatic heterocycles. The molecule has 1 unspecified atom stereocenters. The zero-order valence-electron chi connectivity index (χ0n) is 8.06. The summed E-state index contributed by atoms with van der Waals surface area (Å²) in [5, 5.41) is 0. The van der Waals surface area contributed by atoms with Crippen LogP contribution in [0.15, 0.2) is 24.3 Å². The molecule has 0 bridgehead atoms. The Morgan fingerprint density at radius 2 is 2.09 bits per heavy atom. The lowest BCUT2D eigenvalue weighted by Crippen LogP contribution is -1.94. The Hall–Kier alpha value is -0.520. The van der Waals surface area contributed by atoms with Crippen molar-refractivity contribution < 1.29 is 0 Å². The molecule has 0 radical (unpaired) electrons. The van der Waals surface area contributed by atoms with Crippen LogP contribution in [-0.4, -0.2) is 0 Å². The highest BCUT2D eigenvalue weighted by Crippen LogP contribution is 2.16. The second-order valence-corrected chi connectivity index (χ2v) is 2.99. The maximum absolute atomic E-state index is 3.82. The lowest BCUT2D eigenvalue weighted by atomic mass is 9.97. The first-order valence-electron chi connectivity index (χ1n) is 4.55. The molecule has 0 rings (SSSR count). The molecule has 0 aromatic rings. The van der Waals surface area contributed by atoms with Gasteiger partial charge >= 0.3 is 0 Å². The molecule has 0 aliphatic rings. The van der Waals surface area contributed by atoms with Gasteiger partial charge in [-0.3, -0.25) is 0 Å². The van der Waals surface area contributed by atoms with Gasteiger partial charge in [0.05, 0.1) is 0 Å². The van der Waals surface area contributed by atoms with Crippen molar-refractivity contribution in [2.75, 3.05) is 0 Å². The SMILES string of the molecule is C=CC(CC)/C(C)=C/CCC. The normalized spacial score (nSPS) is 14.6. The average molecular weight is 152 g/mol. The van der Waals surface area contributed by atoms with E-state index in [4.69, 9.17) is 0 Å². The van der Waals surface area contributed by atoms with E-state index in [9.17, 15) is 0 Å². The molecule has 11 heavy (non-hydrogen) atoms. The van der Waals surface area contributed by atoms with E-state index >= 15 is 0 Å². The standard InChI is InChI=1S/C11H20/c1-5-8-9-10(4)11(6-2)7-3/h6,9,11H,2,5,7-8H2,1,3-4H3/b10-9+. The van der Waals surface area contributed by atoms with Gasteiger partial charge in [-0.1, -0.05) is 38.0 Å². The van der Waals surface area contributed by atoms with Crippen LogP contribution in [0.1, 0.15) is 40.0 Å². The lowest BCUT2D eigenvalue weighted by Gasteiger charge is -2.09. The molecular weight excluding hydrogens is 132 g/mol. The molecule has 0 nitrogen and oxygen atoms in total. The number of hydrogen-bond acceptors (Lipinski definition) is 0. The van der Waals surface area contributed by atoms with Crippen molar-refractivity contribution in [3.63, 3.8) is 0 Å². The smallest absolute Gasteiger partial charge is 0.00314 e. The Balaban J connectivity index is 3.95. The summed E-state index contributed by atoms with van der Waals surface area (Å²) in [5.74, 6) is 0.599. The monoisotopic (exact) mass is 152 g/mol. The van der Waals surface area contributed by atoms with Crippen LogP contribution in [-0.2, 0) is 0 Å². The summed E-state index contributed by atoms with van der Waals surface area (Å²) in [6.45, 7) is 10.4. The first-order chi connectivity index (χ1) is 5.26. The zero-order chi connectivity index (χ0) is 8.69. The summed E-state index contributed by atoms with van der Waals surface area (Å²) in [4.78, 5) is 0. The van der Waals surface area contributed by atoms with E-state index in [0.29, 0.717) is 5.92 Å². The Labute approximate surface area is 71.0 Å². The first-order valence-corrected chi connectivity index (χ1v) is 4.55. The molecule has 0 saturated heterocycles. The average Bonchev–Trinajstić information content (AvgIpc) is 2.03. The molecule has 0 amide bonds. The third-order valence-electron chi connectivity index (χ3n) is 2.06. The number of unbranched alkanes of at least 4 members (excludes halogenated alkanes) is 1. The second kappa shape index (κ2) is 6.21. The van der Waals surface area contributed by atoms with E-state index in [-0.39, 0.29) is 0 Å². The maximum atomic E-state index is 3.82. The van der Waals surface area contributed by atoms with E-state index in [1.165, 1.54) is 24.8 Å². The van der Waals surface area contributed by atoms with Crippen LogP contribution in [0.5, 0.6) is 0 Å². The fourth-order valence-corrected chi connectivity index (χ4v) is 1.20. The summed E-state index contributed by atoms with van der Waals surface area (Å²) in [5.41, 5.74) is 1.48. The van der Waals surface area contributed by atoms with Gasteiger partial charge in [0.1, 0.15) is 0 Å². The molecule has 0 aliphatic carbocycles. The Morgan fingerprint density at radius 1 is 1.45 bits per heavy atom. The van der Waals surface area contributed by atoms with Gasteiger partial charge in [-0.2, -0.15) is 0 Å². The van der Waals surface area contributed by atoms with Gasteiger partial charge in [0, 0.05) is 0 Å². The van der Waals surface area contributed by atoms with Crippen LogP contribution < -0.4 is 0 Å². The fourth-order valence-electron chi connectivity index (χ4n) is 1.20. The molecule has 0 fully saturated rings. The van der Waals surface area contributed by atoms with Gasteiger partial charge in [-0.15, -0.1) is 6.58 Å². The molecule has 0 spiro atoms. The predicted octanol–water partition coefficient (Wildman–Crippen LogP) is 3.95. The maximum Gasteiger partial charge on any atom is -0.00314 e. The first kappa shape index (κ1) is 10.5. The molecule has 0 N–H and O–H groups in total. The minimum atomic E-state index is 0.599. The molecule has 0 aromatic carbocycles. The van der Waals surface area contributed by atoms with Crippen LogP contribution >= 0.6 is 0 Å². The van der Waals surface area contributed by atoms with Crippen molar-refractivity contribution in [1.29, 1.82) is 0 Å². The number of rotatable bonds is 5. The van der Waals surface area contributed by atoms with Gasteiger partial charge in [-0.25, -0.2) is 0 Å². The Morgan fingerprint density at radius 3 is 2.45 bits per heavy atom.